The molecule has 2 rings (SSSR count). The van der Waals surface area contributed by atoms with Gasteiger partial charge in [0.25, 0.3) is 0 Å². The molecule has 18 heavy (non-hydrogen) atoms. The number of halogens is 3. The summed E-state index contributed by atoms with van der Waals surface area (Å²) in [5.41, 5.74) is 0.470. The second-order valence-electron chi connectivity index (χ2n) is 4.33. The number of aliphatic hydroxyl groups is 1. The molecule has 1 aliphatic rings. The Morgan fingerprint density at radius 1 is 1.28 bits per heavy atom. The van der Waals surface area contributed by atoms with Gasteiger partial charge in [-0.15, -0.1) is 0 Å². The summed E-state index contributed by atoms with van der Waals surface area (Å²) in [5, 5.41) is 8.95. The maximum Gasteiger partial charge on any atom is 0.391 e. The number of rotatable bonds is 2. The summed E-state index contributed by atoms with van der Waals surface area (Å²) in [6.45, 7) is 0.451. The van der Waals surface area contributed by atoms with Crippen LogP contribution in [0, 0.1) is 5.92 Å². The normalized spacial score (nSPS) is 18.1. The summed E-state index contributed by atoms with van der Waals surface area (Å²) in [5.74, 6) is -0.637. The summed E-state index contributed by atoms with van der Waals surface area (Å²) in [6.07, 6.45) is -2.62. The predicted molar refractivity (Wildman–Crippen MR) is 58.9 cm³/mol. The first kappa shape index (κ1) is 13.1. The van der Waals surface area contributed by atoms with Crippen molar-refractivity contribution in [1.82, 2.24) is 9.97 Å². The van der Waals surface area contributed by atoms with Crippen molar-refractivity contribution in [2.24, 2.45) is 5.92 Å². The van der Waals surface area contributed by atoms with Crippen LogP contribution in [-0.2, 0) is 6.61 Å². The Bertz CT molecular complexity index is 403. The molecule has 100 valence electrons. The van der Waals surface area contributed by atoms with Crippen molar-refractivity contribution in [2.45, 2.75) is 25.6 Å². The van der Waals surface area contributed by atoms with Crippen molar-refractivity contribution in [1.29, 1.82) is 0 Å². The first-order chi connectivity index (χ1) is 8.50. The third-order valence-electron chi connectivity index (χ3n) is 3.15. The van der Waals surface area contributed by atoms with E-state index >= 15 is 0 Å². The lowest BCUT2D eigenvalue weighted by Crippen LogP contribution is -2.39. The summed E-state index contributed by atoms with van der Waals surface area (Å²) < 4.78 is 37.5. The molecule has 1 aromatic rings. The summed E-state index contributed by atoms with van der Waals surface area (Å²) in [4.78, 5) is 9.65. The number of alkyl halides is 3. The van der Waals surface area contributed by atoms with E-state index in [1.54, 1.807) is 11.0 Å². The average Bonchev–Trinajstić information content (AvgIpc) is 2.38. The highest BCUT2D eigenvalue weighted by Crippen LogP contribution is 2.34. The third kappa shape index (κ3) is 2.90. The highest BCUT2D eigenvalue weighted by Gasteiger charge is 2.41. The predicted octanol–water partition coefficient (Wildman–Crippen LogP) is 1.75. The smallest absolute Gasteiger partial charge is 0.390 e. The molecule has 1 aromatic heterocycles. The Hall–Kier alpha value is -1.37. The fourth-order valence-electron chi connectivity index (χ4n) is 2.08. The highest BCUT2D eigenvalue weighted by molar-refractivity contribution is 5.39. The number of aliphatic hydroxyl groups excluding tert-OH is 1. The van der Waals surface area contributed by atoms with Gasteiger partial charge in [0, 0.05) is 19.2 Å². The van der Waals surface area contributed by atoms with Crippen LogP contribution in [0.25, 0.3) is 0 Å². The number of hydrogen-bond acceptors (Lipinski definition) is 4. The topological polar surface area (TPSA) is 49.2 Å². The van der Waals surface area contributed by atoms with Gasteiger partial charge in [-0.3, -0.25) is 0 Å². The minimum Gasteiger partial charge on any atom is -0.390 e. The van der Waals surface area contributed by atoms with Crippen molar-refractivity contribution in [3.05, 3.63) is 18.1 Å². The minimum atomic E-state index is -4.10. The van der Waals surface area contributed by atoms with Crippen LogP contribution in [-0.4, -0.2) is 34.3 Å². The highest BCUT2D eigenvalue weighted by atomic mass is 19.4. The molecule has 0 radical (unpaired) electrons. The number of aromatic nitrogens is 2. The van der Waals surface area contributed by atoms with E-state index in [1.165, 1.54) is 6.33 Å². The van der Waals surface area contributed by atoms with Crippen molar-refractivity contribution in [3.8, 4) is 0 Å². The van der Waals surface area contributed by atoms with Gasteiger partial charge in [-0.05, 0) is 12.8 Å². The standard InChI is InChI=1S/C11H14F3N3O/c12-11(13,14)8-1-3-17(4-2-8)10-5-9(6-18)15-7-16-10/h5,7-8,18H,1-4,6H2. The van der Waals surface area contributed by atoms with E-state index in [0.29, 0.717) is 24.6 Å². The van der Waals surface area contributed by atoms with E-state index in [4.69, 9.17) is 5.11 Å². The largest absolute Gasteiger partial charge is 0.391 e. The Morgan fingerprint density at radius 2 is 1.94 bits per heavy atom. The Kier molecular flexibility index (Phi) is 3.70. The average molecular weight is 261 g/mol. The molecule has 2 heterocycles. The van der Waals surface area contributed by atoms with Crippen LogP contribution >= 0.6 is 0 Å². The number of anilines is 1. The Labute approximate surface area is 102 Å². The van der Waals surface area contributed by atoms with E-state index in [1.807, 2.05) is 0 Å². The Balaban J connectivity index is 2.01. The van der Waals surface area contributed by atoms with Gasteiger partial charge >= 0.3 is 6.18 Å². The second kappa shape index (κ2) is 5.09. The van der Waals surface area contributed by atoms with Crippen molar-refractivity contribution in [3.63, 3.8) is 0 Å². The van der Waals surface area contributed by atoms with Gasteiger partial charge in [-0.25, -0.2) is 9.97 Å². The van der Waals surface area contributed by atoms with Gasteiger partial charge < -0.3 is 10.0 Å². The minimum absolute atomic E-state index is 0.0853. The lowest BCUT2D eigenvalue weighted by atomic mass is 9.96. The van der Waals surface area contributed by atoms with E-state index in [0.717, 1.165) is 0 Å². The van der Waals surface area contributed by atoms with Crippen LogP contribution < -0.4 is 4.90 Å². The zero-order valence-electron chi connectivity index (χ0n) is 9.69. The van der Waals surface area contributed by atoms with Crippen molar-refractivity contribution in [2.75, 3.05) is 18.0 Å². The molecule has 0 aromatic carbocycles. The fourth-order valence-corrected chi connectivity index (χ4v) is 2.08. The number of nitrogens with zero attached hydrogens (tertiary/aromatic N) is 3. The van der Waals surface area contributed by atoms with Gasteiger partial charge in [0.2, 0.25) is 0 Å². The molecule has 0 spiro atoms. The third-order valence-corrected chi connectivity index (χ3v) is 3.15. The zero-order chi connectivity index (χ0) is 13.2. The lowest BCUT2D eigenvalue weighted by molar-refractivity contribution is -0.179. The molecular formula is C11H14F3N3O. The molecule has 4 nitrogen and oxygen atoms in total. The molecule has 0 amide bonds. The van der Waals surface area contributed by atoms with Crippen molar-refractivity contribution < 1.29 is 18.3 Å². The molecule has 7 heteroatoms. The van der Waals surface area contributed by atoms with Crippen LogP contribution in [0.15, 0.2) is 12.4 Å². The molecule has 1 N–H and O–H groups in total. The number of piperidine rings is 1. The first-order valence-corrected chi connectivity index (χ1v) is 5.74. The van der Waals surface area contributed by atoms with Gasteiger partial charge in [0.1, 0.15) is 12.1 Å². The SMILES string of the molecule is OCc1cc(N2CCC(C(F)(F)F)CC2)ncn1. The molecule has 0 bridgehead atoms. The summed E-state index contributed by atoms with van der Waals surface area (Å²) >= 11 is 0. The molecule has 0 atom stereocenters. The van der Waals surface area contributed by atoms with Crippen LogP contribution in [0.5, 0.6) is 0 Å². The molecule has 0 aliphatic carbocycles. The van der Waals surface area contributed by atoms with Crippen molar-refractivity contribution >= 4 is 5.82 Å². The van der Waals surface area contributed by atoms with E-state index in [2.05, 4.69) is 9.97 Å². The van der Waals surface area contributed by atoms with E-state index in [-0.39, 0.29) is 19.4 Å². The Morgan fingerprint density at radius 3 is 2.50 bits per heavy atom. The summed E-state index contributed by atoms with van der Waals surface area (Å²) in [6, 6.07) is 1.61. The molecule has 0 saturated carbocycles. The van der Waals surface area contributed by atoms with Gasteiger partial charge in [-0.2, -0.15) is 13.2 Å². The lowest BCUT2D eigenvalue weighted by Gasteiger charge is -2.33. The van der Waals surface area contributed by atoms with Crippen LogP contribution in [0.1, 0.15) is 18.5 Å². The quantitative estimate of drug-likeness (QED) is 0.881. The maximum absolute atomic E-state index is 12.5. The van der Waals surface area contributed by atoms with Gasteiger partial charge in [-0.1, -0.05) is 0 Å². The molecular weight excluding hydrogens is 247 g/mol. The van der Waals surface area contributed by atoms with E-state index < -0.39 is 12.1 Å². The molecule has 0 unspecified atom stereocenters. The molecule has 1 fully saturated rings. The maximum atomic E-state index is 12.5. The molecule has 1 saturated heterocycles. The molecule has 1 aliphatic heterocycles. The second-order valence-corrected chi connectivity index (χ2v) is 4.33. The van der Waals surface area contributed by atoms with Crippen LogP contribution in [0.4, 0.5) is 19.0 Å². The number of hydrogen-bond donors (Lipinski definition) is 1. The van der Waals surface area contributed by atoms with Gasteiger partial charge in [0.05, 0.1) is 18.2 Å². The fraction of sp³-hybridized carbons (Fsp3) is 0.636. The van der Waals surface area contributed by atoms with Gasteiger partial charge in [0.15, 0.2) is 0 Å². The first-order valence-electron chi connectivity index (χ1n) is 5.74. The van der Waals surface area contributed by atoms with E-state index in [9.17, 15) is 13.2 Å². The van der Waals surface area contributed by atoms with Crippen LogP contribution in [0.2, 0.25) is 0 Å². The zero-order valence-corrected chi connectivity index (χ0v) is 9.69. The monoisotopic (exact) mass is 261 g/mol. The van der Waals surface area contributed by atoms with Crippen LogP contribution in [0.3, 0.4) is 0 Å². The summed E-state index contributed by atoms with van der Waals surface area (Å²) in [7, 11) is 0.